The lowest BCUT2D eigenvalue weighted by Crippen LogP contribution is -2.10. The number of ether oxygens (including phenoxy) is 1. The number of hydrogen-bond acceptors (Lipinski definition) is 2. The molecule has 0 aliphatic rings. The Morgan fingerprint density at radius 2 is 2.29 bits per heavy atom. The third-order valence-electron chi connectivity index (χ3n) is 2.36. The average molecular weight is 191 g/mol. The van der Waals surface area contributed by atoms with Crippen molar-refractivity contribution >= 4 is 0 Å². The van der Waals surface area contributed by atoms with E-state index in [4.69, 9.17) is 10.5 Å². The molecule has 0 bridgehead atoms. The van der Waals surface area contributed by atoms with Crippen LogP contribution in [-0.4, -0.2) is 7.11 Å². The fraction of sp³-hybridized carbons (Fsp3) is 0.333. The normalized spacial score (nSPS) is 12.2. The quantitative estimate of drug-likeness (QED) is 0.742. The van der Waals surface area contributed by atoms with Gasteiger partial charge < -0.3 is 10.5 Å². The molecular formula is C12H17NO. The van der Waals surface area contributed by atoms with Crippen molar-refractivity contribution in [3.8, 4) is 5.75 Å². The van der Waals surface area contributed by atoms with Crippen molar-refractivity contribution < 1.29 is 4.74 Å². The molecule has 1 aromatic rings. The Bertz CT molecular complexity index is 320. The molecule has 0 amide bonds. The van der Waals surface area contributed by atoms with Crippen LogP contribution in [0.4, 0.5) is 0 Å². The van der Waals surface area contributed by atoms with Crippen molar-refractivity contribution in [2.75, 3.05) is 7.11 Å². The van der Waals surface area contributed by atoms with Gasteiger partial charge in [-0.3, -0.25) is 0 Å². The zero-order valence-electron chi connectivity index (χ0n) is 8.79. The van der Waals surface area contributed by atoms with Crippen LogP contribution in [0.15, 0.2) is 30.9 Å². The molecule has 0 aromatic heterocycles. The van der Waals surface area contributed by atoms with E-state index in [1.165, 1.54) is 5.56 Å². The van der Waals surface area contributed by atoms with E-state index in [-0.39, 0.29) is 6.04 Å². The van der Waals surface area contributed by atoms with Crippen molar-refractivity contribution in [3.63, 3.8) is 0 Å². The van der Waals surface area contributed by atoms with Gasteiger partial charge in [-0.05, 0) is 23.6 Å². The molecule has 0 fully saturated rings. The summed E-state index contributed by atoms with van der Waals surface area (Å²) in [6, 6.07) is 5.82. The predicted octanol–water partition coefficient (Wildman–Crippen LogP) is 2.44. The van der Waals surface area contributed by atoms with Crippen LogP contribution in [0.5, 0.6) is 5.75 Å². The standard InChI is InChI=1S/C12H17NO/c1-4-9-10(11(13)5-2)7-6-8-12(9)14-3/h5-8,11H,2,4,13H2,1,3H3. The highest BCUT2D eigenvalue weighted by molar-refractivity contribution is 5.42. The predicted molar refractivity (Wildman–Crippen MR) is 59.5 cm³/mol. The van der Waals surface area contributed by atoms with E-state index in [2.05, 4.69) is 13.5 Å². The van der Waals surface area contributed by atoms with Gasteiger partial charge in [0.25, 0.3) is 0 Å². The van der Waals surface area contributed by atoms with Crippen LogP contribution < -0.4 is 10.5 Å². The number of benzene rings is 1. The first-order valence-electron chi connectivity index (χ1n) is 4.78. The monoisotopic (exact) mass is 191 g/mol. The summed E-state index contributed by atoms with van der Waals surface area (Å²) in [4.78, 5) is 0. The van der Waals surface area contributed by atoms with Crippen molar-refractivity contribution in [3.05, 3.63) is 42.0 Å². The van der Waals surface area contributed by atoms with Gasteiger partial charge in [0.1, 0.15) is 5.75 Å². The second-order valence-electron chi connectivity index (χ2n) is 3.14. The molecule has 0 aliphatic heterocycles. The maximum absolute atomic E-state index is 5.92. The summed E-state index contributed by atoms with van der Waals surface area (Å²) in [5, 5.41) is 0. The number of methoxy groups -OCH3 is 1. The first kappa shape index (κ1) is 10.8. The second-order valence-corrected chi connectivity index (χ2v) is 3.14. The van der Waals surface area contributed by atoms with Gasteiger partial charge >= 0.3 is 0 Å². The lowest BCUT2D eigenvalue weighted by Gasteiger charge is -2.15. The SMILES string of the molecule is C=CC(N)c1cccc(OC)c1CC. The van der Waals surface area contributed by atoms with Crippen LogP contribution in [0.1, 0.15) is 24.1 Å². The lowest BCUT2D eigenvalue weighted by atomic mass is 9.98. The fourth-order valence-electron chi connectivity index (χ4n) is 1.59. The summed E-state index contributed by atoms with van der Waals surface area (Å²) in [7, 11) is 1.68. The zero-order valence-corrected chi connectivity index (χ0v) is 8.79. The van der Waals surface area contributed by atoms with E-state index in [0.29, 0.717) is 0 Å². The van der Waals surface area contributed by atoms with Crippen molar-refractivity contribution in [1.82, 2.24) is 0 Å². The average Bonchev–Trinajstić information content (AvgIpc) is 2.26. The van der Waals surface area contributed by atoms with E-state index in [1.807, 2.05) is 18.2 Å². The first-order valence-corrected chi connectivity index (χ1v) is 4.78. The van der Waals surface area contributed by atoms with Crippen LogP contribution in [0, 0.1) is 0 Å². The van der Waals surface area contributed by atoms with Gasteiger partial charge in [-0.2, -0.15) is 0 Å². The molecule has 0 spiro atoms. The largest absolute Gasteiger partial charge is 0.496 e. The van der Waals surface area contributed by atoms with E-state index >= 15 is 0 Å². The minimum atomic E-state index is -0.111. The van der Waals surface area contributed by atoms with Gasteiger partial charge in [0.05, 0.1) is 7.11 Å². The summed E-state index contributed by atoms with van der Waals surface area (Å²) < 4.78 is 5.28. The summed E-state index contributed by atoms with van der Waals surface area (Å²) in [5.41, 5.74) is 8.19. The van der Waals surface area contributed by atoms with Crippen LogP contribution >= 0.6 is 0 Å². The van der Waals surface area contributed by atoms with Gasteiger partial charge in [-0.15, -0.1) is 6.58 Å². The lowest BCUT2D eigenvalue weighted by molar-refractivity contribution is 0.409. The zero-order chi connectivity index (χ0) is 10.6. The van der Waals surface area contributed by atoms with Crippen LogP contribution in [0.25, 0.3) is 0 Å². The molecule has 0 heterocycles. The van der Waals surface area contributed by atoms with Crippen LogP contribution in [0.3, 0.4) is 0 Å². The molecule has 2 nitrogen and oxygen atoms in total. The molecule has 1 rings (SSSR count). The summed E-state index contributed by atoms with van der Waals surface area (Å²) in [6.07, 6.45) is 2.66. The summed E-state index contributed by atoms with van der Waals surface area (Å²) >= 11 is 0. The van der Waals surface area contributed by atoms with Gasteiger partial charge in [0, 0.05) is 6.04 Å². The van der Waals surface area contributed by atoms with E-state index in [9.17, 15) is 0 Å². The highest BCUT2D eigenvalue weighted by Crippen LogP contribution is 2.26. The molecule has 2 heteroatoms. The highest BCUT2D eigenvalue weighted by atomic mass is 16.5. The highest BCUT2D eigenvalue weighted by Gasteiger charge is 2.10. The molecule has 2 N–H and O–H groups in total. The molecule has 0 aliphatic carbocycles. The third-order valence-corrected chi connectivity index (χ3v) is 2.36. The summed E-state index contributed by atoms with van der Waals surface area (Å²) in [5.74, 6) is 0.905. The number of hydrogen-bond donors (Lipinski definition) is 1. The maximum Gasteiger partial charge on any atom is 0.122 e. The van der Waals surface area contributed by atoms with Crippen molar-refractivity contribution in [2.24, 2.45) is 5.73 Å². The van der Waals surface area contributed by atoms with Crippen LogP contribution in [0.2, 0.25) is 0 Å². The van der Waals surface area contributed by atoms with Gasteiger partial charge in [0.2, 0.25) is 0 Å². The second kappa shape index (κ2) is 4.82. The molecular weight excluding hydrogens is 174 g/mol. The van der Waals surface area contributed by atoms with E-state index < -0.39 is 0 Å². The molecule has 0 saturated heterocycles. The molecule has 1 aromatic carbocycles. The fourth-order valence-corrected chi connectivity index (χ4v) is 1.59. The minimum absolute atomic E-state index is 0.111. The topological polar surface area (TPSA) is 35.2 Å². The Labute approximate surface area is 85.4 Å². The van der Waals surface area contributed by atoms with Crippen molar-refractivity contribution in [1.29, 1.82) is 0 Å². The molecule has 1 atom stereocenters. The first-order chi connectivity index (χ1) is 6.74. The Kier molecular flexibility index (Phi) is 3.72. The van der Waals surface area contributed by atoms with Gasteiger partial charge in [-0.1, -0.05) is 25.1 Å². The van der Waals surface area contributed by atoms with Crippen LogP contribution in [-0.2, 0) is 6.42 Å². The van der Waals surface area contributed by atoms with Gasteiger partial charge in [0.15, 0.2) is 0 Å². The Balaban J connectivity index is 3.21. The minimum Gasteiger partial charge on any atom is -0.496 e. The van der Waals surface area contributed by atoms with E-state index in [1.54, 1.807) is 13.2 Å². The summed E-state index contributed by atoms with van der Waals surface area (Å²) in [6.45, 7) is 5.80. The number of rotatable bonds is 4. The molecule has 1 unspecified atom stereocenters. The smallest absolute Gasteiger partial charge is 0.122 e. The van der Waals surface area contributed by atoms with Gasteiger partial charge in [-0.25, -0.2) is 0 Å². The number of nitrogens with two attached hydrogens (primary N) is 1. The maximum atomic E-state index is 5.92. The molecule has 0 radical (unpaired) electrons. The molecule has 0 saturated carbocycles. The molecule has 76 valence electrons. The van der Waals surface area contributed by atoms with E-state index in [0.717, 1.165) is 17.7 Å². The molecule has 14 heavy (non-hydrogen) atoms. The Morgan fingerprint density at radius 3 is 2.79 bits per heavy atom. The van der Waals surface area contributed by atoms with Crippen molar-refractivity contribution in [2.45, 2.75) is 19.4 Å². The Morgan fingerprint density at radius 1 is 1.57 bits per heavy atom. The third kappa shape index (κ3) is 1.96. The Hall–Kier alpha value is -1.28.